The zero-order chi connectivity index (χ0) is 19.6. The summed E-state index contributed by atoms with van der Waals surface area (Å²) >= 11 is 9.40. The van der Waals surface area contributed by atoms with Gasteiger partial charge in [-0.05, 0) is 54.0 Å². The highest BCUT2D eigenvalue weighted by Crippen LogP contribution is 2.44. The molecule has 0 N–H and O–H groups in total. The Bertz CT molecular complexity index is 791. The minimum atomic E-state index is 0.409. The summed E-state index contributed by atoms with van der Waals surface area (Å²) in [6.45, 7) is 3.35. The Labute approximate surface area is 183 Å². The average molecular weight is 431 g/mol. The van der Waals surface area contributed by atoms with Gasteiger partial charge in [-0.25, -0.2) is 4.99 Å². The van der Waals surface area contributed by atoms with Crippen LogP contribution in [0.15, 0.2) is 29.3 Å². The van der Waals surface area contributed by atoms with E-state index in [4.69, 9.17) is 17.2 Å². The SMILES string of the molecule is CSC(=S)N1CC2(CCCCCC2)CSC1=Nc1cccc2c1C(C)CC=C2. The van der Waals surface area contributed by atoms with E-state index in [1.54, 1.807) is 11.8 Å². The van der Waals surface area contributed by atoms with Crippen molar-refractivity contribution in [3.05, 3.63) is 35.4 Å². The molecule has 1 aliphatic heterocycles. The lowest BCUT2D eigenvalue weighted by atomic mass is 9.81. The lowest BCUT2D eigenvalue weighted by molar-refractivity contribution is 0.244. The van der Waals surface area contributed by atoms with Crippen LogP contribution < -0.4 is 0 Å². The smallest absolute Gasteiger partial charge is 0.169 e. The van der Waals surface area contributed by atoms with Gasteiger partial charge in [-0.15, -0.1) is 0 Å². The van der Waals surface area contributed by atoms with E-state index in [1.807, 2.05) is 11.8 Å². The predicted octanol–water partition coefficient (Wildman–Crippen LogP) is 7.23. The number of nitrogens with zero attached hydrogens (tertiary/aromatic N) is 2. The minimum absolute atomic E-state index is 0.409. The van der Waals surface area contributed by atoms with Crippen molar-refractivity contribution in [3.8, 4) is 0 Å². The van der Waals surface area contributed by atoms with E-state index >= 15 is 0 Å². The molecule has 5 heteroatoms. The summed E-state index contributed by atoms with van der Waals surface area (Å²) in [5.41, 5.74) is 4.25. The van der Waals surface area contributed by atoms with Crippen LogP contribution in [0.2, 0.25) is 0 Å². The van der Waals surface area contributed by atoms with Gasteiger partial charge in [0.15, 0.2) is 5.17 Å². The molecule has 1 atom stereocenters. The molecule has 2 aliphatic carbocycles. The Kier molecular flexibility index (Phi) is 6.53. The monoisotopic (exact) mass is 430 g/mol. The second-order valence-electron chi connectivity index (χ2n) is 8.47. The maximum atomic E-state index is 5.78. The molecule has 28 heavy (non-hydrogen) atoms. The maximum absolute atomic E-state index is 5.78. The molecule has 1 unspecified atom stereocenters. The third-order valence-corrected chi connectivity index (χ3v) is 9.02. The molecule has 3 aliphatic rings. The Hall–Kier alpha value is -0.780. The molecule has 1 saturated carbocycles. The molecule has 0 bridgehead atoms. The summed E-state index contributed by atoms with van der Waals surface area (Å²) in [5, 5.41) is 1.10. The lowest BCUT2D eigenvalue weighted by Gasteiger charge is -2.43. The summed E-state index contributed by atoms with van der Waals surface area (Å²) in [4.78, 5) is 7.55. The third-order valence-electron chi connectivity index (χ3n) is 6.40. The molecule has 1 saturated heterocycles. The van der Waals surface area contributed by atoms with Crippen molar-refractivity contribution in [3.63, 3.8) is 0 Å². The molecule has 1 spiro atoms. The number of aliphatic imine (C=N–C) groups is 1. The number of thioether (sulfide) groups is 2. The molecule has 0 amide bonds. The number of rotatable bonds is 1. The van der Waals surface area contributed by atoms with Gasteiger partial charge in [-0.1, -0.05) is 92.6 Å². The first-order valence-electron chi connectivity index (χ1n) is 10.5. The van der Waals surface area contributed by atoms with E-state index in [0.29, 0.717) is 11.3 Å². The Balaban J connectivity index is 1.67. The molecule has 4 rings (SSSR count). The van der Waals surface area contributed by atoms with Crippen molar-refractivity contribution in [2.24, 2.45) is 10.4 Å². The number of thiocarbonyl (C=S) groups is 1. The first-order chi connectivity index (χ1) is 13.6. The van der Waals surface area contributed by atoms with Crippen LogP contribution in [0.3, 0.4) is 0 Å². The first-order valence-corrected chi connectivity index (χ1v) is 13.1. The van der Waals surface area contributed by atoms with Crippen molar-refractivity contribution in [1.82, 2.24) is 4.90 Å². The van der Waals surface area contributed by atoms with Crippen LogP contribution in [0.1, 0.15) is 68.9 Å². The normalized spacial score (nSPS) is 25.6. The van der Waals surface area contributed by atoms with Crippen molar-refractivity contribution < 1.29 is 0 Å². The topological polar surface area (TPSA) is 15.6 Å². The van der Waals surface area contributed by atoms with Gasteiger partial charge in [0.05, 0.1) is 5.69 Å². The molecule has 1 heterocycles. The summed E-state index contributed by atoms with van der Waals surface area (Å²) in [6.07, 6.45) is 15.9. The minimum Gasteiger partial charge on any atom is -0.306 e. The molecule has 150 valence electrons. The van der Waals surface area contributed by atoms with E-state index in [-0.39, 0.29) is 0 Å². The van der Waals surface area contributed by atoms with Crippen LogP contribution in [0, 0.1) is 5.41 Å². The Morgan fingerprint density at radius 3 is 2.79 bits per heavy atom. The standard InChI is InChI=1S/C23H30N2S3/c1-17-9-7-10-18-11-8-12-19(20(17)18)24-21-25(22(26)27-2)15-23(16-28-21)13-5-3-4-6-14-23/h7-8,10-12,17H,3-6,9,13-16H2,1-2H3. The van der Waals surface area contributed by atoms with E-state index in [2.05, 4.69) is 48.4 Å². The lowest BCUT2D eigenvalue weighted by Crippen LogP contribution is -2.48. The van der Waals surface area contributed by atoms with Gasteiger partial charge >= 0.3 is 0 Å². The average Bonchev–Trinajstić information content (AvgIpc) is 2.94. The molecule has 2 nitrogen and oxygen atoms in total. The molecule has 1 aromatic carbocycles. The van der Waals surface area contributed by atoms with Gasteiger partial charge in [-0.2, -0.15) is 0 Å². The van der Waals surface area contributed by atoms with Gasteiger partial charge in [0, 0.05) is 12.3 Å². The van der Waals surface area contributed by atoms with Gasteiger partial charge in [-0.3, -0.25) is 0 Å². The van der Waals surface area contributed by atoms with Crippen LogP contribution >= 0.6 is 35.7 Å². The number of allylic oxidation sites excluding steroid dienone is 1. The molecule has 0 radical (unpaired) electrons. The highest BCUT2D eigenvalue weighted by Gasteiger charge is 2.39. The number of hydrogen-bond acceptors (Lipinski definition) is 4. The quantitative estimate of drug-likeness (QED) is 0.436. The van der Waals surface area contributed by atoms with Crippen LogP contribution in [-0.2, 0) is 0 Å². The van der Waals surface area contributed by atoms with Gasteiger partial charge in [0.2, 0.25) is 0 Å². The summed E-state index contributed by atoms with van der Waals surface area (Å²) in [6, 6.07) is 6.53. The van der Waals surface area contributed by atoms with Crippen molar-refractivity contribution >= 4 is 57.0 Å². The number of amidine groups is 1. The molecular formula is C23H30N2S3. The number of hydrogen-bond donors (Lipinski definition) is 0. The van der Waals surface area contributed by atoms with Crippen molar-refractivity contribution in [2.75, 3.05) is 18.6 Å². The second kappa shape index (κ2) is 8.93. The zero-order valence-corrected chi connectivity index (χ0v) is 19.4. The van der Waals surface area contributed by atoms with E-state index in [0.717, 1.165) is 28.1 Å². The van der Waals surface area contributed by atoms with Gasteiger partial charge in [0.25, 0.3) is 0 Å². The molecule has 0 aromatic heterocycles. The van der Waals surface area contributed by atoms with Gasteiger partial charge in [0.1, 0.15) is 4.32 Å². The number of benzene rings is 1. The van der Waals surface area contributed by atoms with Crippen LogP contribution in [-0.4, -0.2) is 32.9 Å². The third kappa shape index (κ3) is 4.22. The molecule has 2 fully saturated rings. The van der Waals surface area contributed by atoms with Crippen LogP contribution in [0.5, 0.6) is 0 Å². The fourth-order valence-corrected chi connectivity index (χ4v) is 6.77. The highest BCUT2D eigenvalue weighted by atomic mass is 32.2. The summed E-state index contributed by atoms with van der Waals surface area (Å²) in [7, 11) is 0. The second-order valence-corrected chi connectivity index (χ2v) is 10.9. The fraction of sp³-hybridized carbons (Fsp3) is 0.565. The molecular weight excluding hydrogens is 400 g/mol. The van der Waals surface area contributed by atoms with E-state index < -0.39 is 0 Å². The van der Waals surface area contributed by atoms with E-state index in [1.165, 1.54) is 55.4 Å². The largest absolute Gasteiger partial charge is 0.306 e. The zero-order valence-electron chi connectivity index (χ0n) is 16.9. The van der Waals surface area contributed by atoms with Gasteiger partial charge < -0.3 is 4.90 Å². The fourth-order valence-electron chi connectivity index (χ4n) is 4.84. The van der Waals surface area contributed by atoms with Crippen molar-refractivity contribution in [1.29, 1.82) is 0 Å². The first kappa shape index (κ1) is 20.5. The Morgan fingerprint density at radius 1 is 1.25 bits per heavy atom. The Morgan fingerprint density at radius 2 is 2.04 bits per heavy atom. The molecule has 1 aromatic rings. The summed E-state index contributed by atoms with van der Waals surface area (Å²) in [5.74, 6) is 1.70. The predicted molar refractivity (Wildman–Crippen MR) is 131 cm³/mol. The van der Waals surface area contributed by atoms with Crippen molar-refractivity contribution in [2.45, 2.75) is 57.8 Å². The van der Waals surface area contributed by atoms with E-state index in [9.17, 15) is 0 Å². The summed E-state index contributed by atoms with van der Waals surface area (Å²) < 4.78 is 0.965. The highest BCUT2D eigenvalue weighted by molar-refractivity contribution is 8.23. The van der Waals surface area contributed by atoms with Crippen LogP contribution in [0.25, 0.3) is 6.08 Å². The number of fused-ring (bicyclic) bond motifs is 1. The van der Waals surface area contributed by atoms with Crippen LogP contribution in [0.4, 0.5) is 5.69 Å². The maximum Gasteiger partial charge on any atom is 0.169 e.